The van der Waals surface area contributed by atoms with Gasteiger partial charge in [-0.25, -0.2) is 0 Å². The van der Waals surface area contributed by atoms with Crippen LogP contribution >= 0.6 is 11.6 Å². The Kier molecular flexibility index (Phi) is 9.92. The molecule has 0 saturated heterocycles. The summed E-state index contributed by atoms with van der Waals surface area (Å²) in [5.41, 5.74) is 2.67. The Bertz CT molecular complexity index is 377. The van der Waals surface area contributed by atoms with Crippen LogP contribution in [0.5, 0.6) is 0 Å². The van der Waals surface area contributed by atoms with Gasteiger partial charge in [0.15, 0.2) is 8.32 Å². The van der Waals surface area contributed by atoms with Crippen LogP contribution in [-0.2, 0) is 4.43 Å². The highest BCUT2D eigenvalue weighted by atomic mass is 35.5. The molecule has 0 aromatic carbocycles. The fraction of sp³-hybridized carbons (Fsp3) is 0.688. The van der Waals surface area contributed by atoms with E-state index in [1.165, 1.54) is 11.1 Å². The normalized spacial score (nSPS) is 15.1. The zero-order valence-corrected chi connectivity index (χ0v) is 15.3. The molecule has 114 valence electrons. The summed E-state index contributed by atoms with van der Waals surface area (Å²) in [6.45, 7) is 10.6. The summed E-state index contributed by atoms with van der Waals surface area (Å²) in [4.78, 5) is 0. The number of hydrogen-bond acceptors (Lipinski definition) is 2. The van der Waals surface area contributed by atoms with Crippen molar-refractivity contribution in [1.29, 1.82) is 5.26 Å². The van der Waals surface area contributed by atoms with Crippen molar-refractivity contribution >= 4 is 19.9 Å². The molecule has 0 aromatic rings. The summed E-state index contributed by atoms with van der Waals surface area (Å²) in [6, 6.07) is 2.27. The van der Waals surface area contributed by atoms with E-state index in [4.69, 9.17) is 21.3 Å². The van der Waals surface area contributed by atoms with Crippen molar-refractivity contribution in [3.05, 3.63) is 23.3 Å². The molecular formula is C16H28ClNOSi. The lowest BCUT2D eigenvalue weighted by atomic mass is 10.1. The van der Waals surface area contributed by atoms with Crippen molar-refractivity contribution in [3.8, 4) is 6.07 Å². The molecule has 0 rings (SSSR count). The minimum atomic E-state index is -1.62. The monoisotopic (exact) mass is 313 g/mol. The van der Waals surface area contributed by atoms with E-state index in [2.05, 4.69) is 51.7 Å². The van der Waals surface area contributed by atoms with Gasteiger partial charge in [0.25, 0.3) is 0 Å². The van der Waals surface area contributed by atoms with Crippen LogP contribution in [0.4, 0.5) is 0 Å². The Balaban J connectivity index is 4.11. The molecule has 0 bridgehead atoms. The van der Waals surface area contributed by atoms with Gasteiger partial charge < -0.3 is 4.43 Å². The van der Waals surface area contributed by atoms with Crippen LogP contribution in [0.3, 0.4) is 0 Å². The summed E-state index contributed by atoms with van der Waals surface area (Å²) in [5, 5.41) is 9.12. The third kappa shape index (κ3) is 11.3. The quantitative estimate of drug-likeness (QED) is 0.323. The lowest BCUT2D eigenvalue weighted by Gasteiger charge is -2.21. The lowest BCUT2D eigenvalue weighted by molar-refractivity contribution is 0.238. The maximum absolute atomic E-state index is 9.12. The van der Waals surface area contributed by atoms with Crippen molar-refractivity contribution in [2.24, 2.45) is 0 Å². The van der Waals surface area contributed by atoms with E-state index in [0.717, 1.165) is 25.7 Å². The number of alkyl halides is 1. The van der Waals surface area contributed by atoms with Gasteiger partial charge in [0.1, 0.15) is 6.10 Å². The first-order valence-electron chi connectivity index (χ1n) is 7.23. The Labute approximate surface area is 130 Å². The van der Waals surface area contributed by atoms with Gasteiger partial charge in [0.05, 0.1) is 6.07 Å². The van der Waals surface area contributed by atoms with Crippen LogP contribution in [-0.4, -0.2) is 20.3 Å². The molecule has 20 heavy (non-hydrogen) atoms. The highest BCUT2D eigenvalue weighted by Crippen LogP contribution is 2.15. The van der Waals surface area contributed by atoms with Crippen LogP contribution < -0.4 is 0 Å². The van der Waals surface area contributed by atoms with Gasteiger partial charge in [-0.1, -0.05) is 23.3 Å². The maximum atomic E-state index is 9.12. The molecule has 4 heteroatoms. The molecule has 2 nitrogen and oxygen atoms in total. The van der Waals surface area contributed by atoms with Crippen molar-refractivity contribution in [2.45, 2.75) is 65.3 Å². The van der Waals surface area contributed by atoms with Crippen LogP contribution in [0.15, 0.2) is 23.3 Å². The van der Waals surface area contributed by atoms with E-state index in [1.807, 2.05) is 0 Å². The molecule has 0 aliphatic heterocycles. The third-order valence-corrected chi connectivity index (χ3v) is 4.04. The molecule has 0 N–H and O–H groups in total. The Morgan fingerprint density at radius 2 is 1.80 bits per heavy atom. The highest BCUT2D eigenvalue weighted by Gasteiger charge is 2.20. The zero-order valence-electron chi connectivity index (χ0n) is 13.5. The van der Waals surface area contributed by atoms with E-state index < -0.39 is 8.32 Å². The smallest absolute Gasteiger partial charge is 0.185 e. The molecule has 0 aliphatic rings. The van der Waals surface area contributed by atoms with Gasteiger partial charge in [-0.2, -0.15) is 5.26 Å². The molecule has 1 atom stereocenters. The van der Waals surface area contributed by atoms with Crippen molar-refractivity contribution in [1.82, 2.24) is 0 Å². The molecule has 0 saturated carbocycles. The number of nitriles is 1. The lowest BCUT2D eigenvalue weighted by Crippen LogP contribution is -2.31. The van der Waals surface area contributed by atoms with Crippen molar-refractivity contribution in [2.75, 3.05) is 5.88 Å². The molecule has 0 amide bonds. The van der Waals surface area contributed by atoms with Crippen LogP contribution in [0, 0.1) is 11.3 Å². The Hall–Kier alpha value is -0.563. The average molecular weight is 314 g/mol. The molecule has 0 aliphatic carbocycles. The van der Waals surface area contributed by atoms with E-state index in [1.54, 1.807) is 0 Å². The predicted molar refractivity (Wildman–Crippen MR) is 90.5 cm³/mol. The number of rotatable bonds is 9. The number of halogens is 1. The maximum Gasteiger partial charge on any atom is 0.185 e. The fourth-order valence-corrected chi connectivity index (χ4v) is 3.10. The second-order valence-electron chi connectivity index (χ2n) is 6.18. The summed E-state index contributed by atoms with van der Waals surface area (Å²) in [7, 11) is -1.62. The fourth-order valence-electron chi connectivity index (χ4n) is 1.82. The topological polar surface area (TPSA) is 33.0 Å². The molecule has 0 radical (unpaired) electrons. The summed E-state index contributed by atoms with van der Waals surface area (Å²) < 4.78 is 5.84. The molecule has 1 unspecified atom stereocenters. The Morgan fingerprint density at radius 3 is 2.30 bits per heavy atom. The van der Waals surface area contributed by atoms with E-state index in [0.29, 0.717) is 5.88 Å². The van der Waals surface area contributed by atoms with Gasteiger partial charge in [-0.05, 0) is 59.2 Å². The largest absolute Gasteiger partial charge is 0.402 e. The average Bonchev–Trinajstić information content (AvgIpc) is 2.33. The first-order valence-corrected chi connectivity index (χ1v) is 11.2. The van der Waals surface area contributed by atoms with Crippen LogP contribution in [0.25, 0.3) is 0 Å². The second kappa shape index (κ2) is 10.2. The van der Waals surface area contributed by atoms with Crippen molar-refractivity contribution < 1.29 is 4.43 Å². The van der Waals surface area contributed by atoms with Crippen molar-refractivity contribution in [3.63, 3.8) is 0 Å². The molecule has 0 fully saturated rings. The second-order valence-corrected chi connectivity index (χ2v) is 10.9. The van der Waals surface area contributed by atoms with Gasteiger partial charge >= 0.3 is 0 Å². The molecule has 0 spiro atoms. The minimum Gasteiger partial charge on any atom is -0.402 e. The number of nitrogens with zero attached hydrogens (tertiary/aromatic N) is 1. The summed E-state index contributed by atoms with van der Waals surface area (Å²) >= 11 is 5.66. The van der Waals surface area contributed by atoms with E-state index >= 15 is 0 Å². The summed E-state index contributed by atoms with van der Waals surface area (Å²) in [5.74, 6) is 0.590. The van der Waals surface area contributed by atoms with E-state index in [-0.39, 0.29) is 6.10 Å². The zero-order chi connectivity index (χ0) is 15.6. The minimum absolute atomic E-state index is 0.261. The first-order chi connectivity index (χ1) is 9.28. The van der Waals surface area contributed by atoms with Crippen LogP contribution in [0.2, 0.25) is 19.6 Å². The SMILES string of the molecule is C/C(=C\CCl)CC/C=C(\C)CCC(C#N)O[Si](C)(C)C. The number of hydrogen-bond donors (Lipinski definition) is 0. The third-order valence-electron chi connectivity index (χ3n) is 2.90. The first kappa shape index (κ1) is 19.4. The van der Waals surface area contributed by atoms with Gasteiger partial charge in [0.2, 0.25) is 0 Å². The van der Waals surface area contributed by atoms with Gasteiger partial charge in [-0.15, -0.1) is 11.6 Å². The van der Waals surface area contributed by atoms with Crippen LogP contribution in [0.1, 0.15) is 39.5 Å². The predicted octanol–water partition coefficient (Wildman–Crippen LogP) is 5.42. The summed E-state index contributed by atoms with van der Waals surface area (Å²) in [6.07, 6.45) is 7.87. The Morgan fingerprint density at radius 1 is 1.20 bits per heavy atom. The van der Waals surface area contributed by atoms with Gasteiger partial charge in [0, 0.05) is 5.88 Å². The molecular weight excluding hydrogens is 286 g/mol. The number of allylic oxidation sites excluding steroid dienone is 4. The molecule has 0 heterocycles. The molecule has 0 aromatic heterocycles. The highest BCUT2D eigenvalue weighted by molar-refractivity contribution is 6.69. The van der Waals surface area contributed by atoms with E-state index in [9.17, 15) is 0 Å². The standard InChI is InChI=1S/C16H28ClNOSi/c1-14(7-6-8-15(2)11-12-17)9-10-16(13-18)19-20(3,4)5/h7,11,16H,6,8-10,12H2,1-5H3/b14-7+,15-11+. The van der Waals surface area contributed by atoms with Gasteiger partial charge in [-0.3, -0.25) is 0 Å².